The van der Waals surface area contributed by atoms with Crippen molar-refractivity contribution in [2.45, 2.75) is 38.2 Å². The summed E-state index contributed by atoms with van der Waals surface area (Å²) in [7, 11) is 1.66. The van der Waals surface area contributed by atoms with Gasteiger partial charge in [0.15, 0.2) is 0 Å². The molecule has 114 valence electrons. The number of nitrogens with one attached hydrogen (secondary N) is 1. The molecule has 0 aromatic carbocycles. The van der Waals surface area contributed by atoms with Crippen molar-refractivity contribution in [2.24, 2.45) is 11.8 Å². The third-order valence-corrected chi connectivity index (χ3v) is 4.51. The van der Waals surface area contributed by atoms with Crippen molar-refractivity contribution < 1.29 is 19.4 Å². The van der Waals surface area contributed by atoms with E-state index in [1.54, 1.807) is 12.0 Å². The largest absolute Gasteiger partial charge is 0.481 e. The molecule has 1 aliphatic heterocycles. The van der Waals surface area contributed by atoms with Crippen LogP contribution in [0.15, 0.2) is 0 Å². The van der Waals surface area contributed by atoms with Gasteiger partial charge in [-0.3, -0.25) is 4.79 Å². The van der Waals surface area contributed by atoms with Crippen molar-refractivity contribution in [3.8, 4) is 0 Å². The first kappa shape index (κ1) is 15.1. The third kappa shape index (κ3) is 3.62. The lowest BCUT2D eigenvalue weighted by Crippen LogP contribution is -2.43. The summed E-state index contributed by atoms with van der Waals surface area (Å²) in [5, 5.41) is 12.1. The van der Waals surface area contributed by atoms with Gasteiger partial charge < -0.3 is 20.1 Å². The number of nitrogens with zero attached hydrogens (tertiary/aromatic N) is 1. The highest BCUT2D eigenvalue weighted by atomic mass is 16.5. The third-order valence-electron chi connectivity index (χ3n) is 4.51. The van der Waals surface area contributed by atoms with E-state index in [1.165, 1.54) is 0 Å². The number of hydrogen-bond donors (Lipinski definition) is 2. The fourth-order valence-corrected chi connectivity index (χ4v) is 3.21. The molecule has 6 heteroatoms. The van der Waals surface area contributed by atoms with E-state index >= 15 is 0 Å². The van der Waals surface area contributed by atoms with E-state index in [0.29, 0.717) is 19.6 Å². The highest BCUT2D eigenvalue weighted by Crippen LogP contribution is 2.29. The Morgan fingerprint density at radius 3 is 2.70 bits per heavy atom. The molecule has 1 saturated heterocycles. The van der Waals surface area contributed by atoms with Crippen molar-refractivity contribution >= 4 is 12.0 Å². The molecule has 2 N–H and O–H groups in total. The molecule has 0 spiro atoms. The van der Waals surface area contributed by atoms with E-state index in [4.69, 9.17) is 4.74 Å². The molecule has 2 fully saturated rings. The number of methoxy groups -OCH3 is 1. The highest BCUT2D eigenvalue weighted by Gasteiger charge is 2.32. The van der Waals surface area contributed by atoms with Crippen LogP contribution in [-0.2, 0) is 9.53 Å². The van der Waals surface area contributed by atoms with Crippen LogP contribution < -0.4 is 5.32 Å². The van der Waals surface area contributed by atoms with Crippen molar-refractivity contribution in [3.63, 3.8) is 0 Å². The van der Waals surface area contributed by atoms with Gasteiger partial charge in [0.2, 0.25) is 0 Å². The number of amides is 2. The number of carbonyl (C=O) groups excluding carboxylic acids is 1. The fourth-order valence-electron chi connectivity index (χ4n) is 3.21. The average Bonchev–Trinajstić information content (AvgIpc) is 2.94. The Morgan fingerprint density at radius 2 is 2.05 bits per heavy atom. The van der Waals surface area contributed by atoms with Gasteiger partial charge in [-0.15, -0.1) is 0 Å². The second-order valence-electron chi connectivity index (χ2n) is 5.77. The number of carbonyl (C=O) groups is 2. The minimum atomic E-state index is -0.732. The second-order valence-corrected chi connectivity index (χ2v) is 5.77. The Balaban J connectivity index is 1.79. The van der Waals surface area contributed by atoms with Gasteiger partial charge in [-0.05, 0) is 25.2 Å². The molecule has 0 aromatic rings. The maximum absolute atomic E-state index is 12.0. The van der Waals surface area contributed by atoms with Gasteiger partial charge in [-0.2, -0.15) is 0 Å². The van der Waals surface area contributed by atoms with Gasteiger partial charge in [-0.1, -0.05) is 12.8 Å². The number of carboxylic acids is 1. The van der Waals surface area contributed by atoms with E-state index in [2.05, 4.69) is 5.32 Å². The Labute approximate surface area is 119 Å². The van der Waals surface area contributed by atoms with Gasteiger partial charge in [0.05, 0.1) is 12.0 Å². The van der Waals surface area contributed by atoms with Gasteiger partial charge in [0.1, 0.15) is 0 Å². The number of aliphatic carboxylic acids is 1. The molecule has 6 nitrogen and oxygen atoms in total. The van der Waals surface area contributed by atoms with Crippen LogP contribution in [-0.4, -0.2) is 54.9 Å². The Bertz CT molecular complexity index is 361. The normalized spacial score (nSPS) is 30.2. The number of urea groups is 1. The summed E-state index contributed by atoms with van der Waals surface area (Å²) in [5.41, 5.74) is 0. The Hall–Kier alpha value is -1.30. The van der Waals surface area contributed by atoms with E-state index in [0.717, 1.165) is 32.1 Å². The molecular weight excluding hydrogens is 260 g/mol. The number of rotatable bonds is 4. The molecule has 2 amide bonds. The van der Waals surface area contributed by atoms with Crippen LogP contribution in [0, 0.1) is 11.8 Å². The lowest BCUT2D eigenvalue weighted by molar-refractivity contribution is -0.144. The molecular formula is C14H24N2O4. The minimum Gasteiger partial charge on any atom is -0.481 e. The second kappa shape index (κ2) is 6.92. The molecule has 1 saturated carbocycles. The average molecular weight is 284 g/mol. The fraction of sp³-hybridized carbons (Fsp3) is 0.857. The first-order valence-corrected chi connectivity index (χ1v) is 7.40. The molecule has 20 heavy (non-hydrogen) atoms. The maximum Gasteiger partial charge on any atom is 0.317 e. The topological polar surface area (TPSA) is 78.9 Å². The van der Waals surface area contributed by atoms with Crippen molar-refractivity contribution in [1.82, 2.24) is 10.2 Å². The number of hydrogen-bond acceptors (Lipinski definition) is 3. The SMILES string of the molecule is COC1CCN(C(=O)NCC2CCCCC2C(=O)O)C1. The van der Waals surface area contributed by atoms with Crippen LogP contribution in [0.3, 0.4) is 0 Å². The predicted octanol–water partition coefficient (Wildman–Crippen LogP) is 1.31. The molecule has 0 radical (unpaired) electrons. The van der Waals surface area contributed by atoms with E-state index < -0.39 is 5.97 Å². The zero-order chi connectivity index (χ0) is 14.5. The first-order chi connectivity index (χ1) is 9.61. The molecule has 0 aromatic heterocycles. The van der Waals surface area contributed by atoms with Crippen LogP contribution in [0.25, 0.3) is 0 Å². The highest BCUT2D eigenvalue weighted by molar-refractivity contribution is 5.75. The van der Waals surface area contributed by atoms with Crippen LogP contribution in [0.5, 0.6) is 0 Å². The predicted molar refractivity (Wildman–Crippen MR) is 73.5 cm³/mol. The summed E-state index contributed by atoms with van der Waals surface area (Å²) in [6.45, 7) is 1.79. The van der Waals surface area contributed by atoms with Crippen molar-refractivity contribution in [2.75, 3.05) is 26.7 Å². The van der Waals surface area contributed by atoms with Gasteiger partial charge in [0.25, 0.3) is 0 Å². The number of ether oxygens (including phenoxy) is 1. The Kier molecular flexibility index (Phi) is 5.23. The van der Waals surface area contributed by atoms with Crippen LogP contribution in [0.1, 0.15) is 32.1 Å². The summed E-state index contributed by atoms with van der Waals surface area (Å²) >= 11 is 0. The zero-order valence-electron chi connectivity index (χ0n) is 12.0. The quantitative estimate of drug-likeness (QED) is 0.816. The lowest BCUT2D eigenvalue weighted by atomic mass is 9.79. The van der Waals surface area contributed by atoms with Crippen LogP contribution in [0.2, 0.25) is 0 Å². The molecule has 1 heterocycles. The molecule has 1 aliphatic carbocycles. The summed E-state index contributed by atoms with van der Waals surface area (Å²) in [4.78, 5) is 25.0. The summed E-state index contributed by atoms with van der Waals surface area (Å²) in [6.07, 6.45) is 4.64. The lowest BCUT2D eigenvalue weighted by Gasteiger charge is -2.29. The van der Waals surface area contributed by atoms with Gasteiger partial charge in [0, 0.05) is 26.7 Å². The summed E-state index contributed by atoms with van der Waals surface area (Å²) < 4.78 is 5.24. The molecule has 0 bridgehead atoms. The van der Waals surface area contributed by atoms with E-state index in [1.807, 2.05) is 0 Å². The maximum atomic E-state index is 12.0. The van der Waals surface area contributed by atoms with Crippen LogP contribution in [0.4, 0.5) is 4.79 Å². The zero-order valence-corrected chi connectivity index (χ0v) is 12.0. The molecule has 2 rings (SSSR count). The van der Waals surface area contributed by atoms with Crippen LogP contribution >= 0.6 is 0 Å². The van der Waals surface area contributed by atoms with Gasteiger partial charge in [-0.25, -0.2) is 4.79 Å². The summed E-state index contributed by atoms with van der Waals surface area (Å²) in [5.74, 6) is -0.982. The monoisotopic (exact) mass is 284 g/mol. The van der Waals surface area contributed by atoms with Crippen molar-refractivity contribution in [3.05, 3.63) is 0 Å². The smallest absolute Gasteiger partial charge is 0.317 e. The molecule has 3 atom stereocenters. The van der Waals surface area contributed by atoms with E-state index in [-0.39, 0.29) is 24.0 Å². The molecule has 3 unspecified atom stereocenters. The Morgan fingerprint density at radius 1 is 1.30 bits per heavy atom. The standard InChI is InChI=1S/C14H24N2O4/c1-20-11-6-7-16(9-11)14(19)15-8-10-4-2-3-5-12(10)13(17)18/h10-12H,2-9H2,1H3,(H,15,19)(H,17,18). The minimum absolute atomic E-state index is 0.0611. The molecule has 2 aliphatic rings. The number of carboxylic acid groups (broad SMARTS) is 1. The van der Waals surface area contributed by atoms with Gasteiger partial charge >= 0.3 is 12.0 Å². The number of likely N-dealkylation sites (tertiary alicyclic amines) is 1. The first-order valence-electron chi connectivity index (χ1n) is 7.40. The van der Waals surface area contributed by atoms with E-state index in [9.17, 15) is 14.7 Å². The summed E-state index contributed by atoms with van der Waals surface area (Å²) in [6, 6.07) is -0.0979. The van der Waals surface area contributed by atoms with Crippen molar-refractivity contribution in [1.29, 1.82) is 0 Å².